The van der Waals surface area contributed by atoms with Crippen molar-refractivity contribution in [2.24, 2.45) is 0 Å². The molecule has 0 unspecified atom stereocenters. The second-order valence-electron chi connectivity index (χ2n) is 7.08. The summed E-state index contributed by atoms with van der Waals surface area (Å²) in [5.74, 6) is 0. The SMILES string of the molecule is OCCCCCCCCCCCCCCc1c[nH]c2ccccc12. The number of aryl methyl sites for hydroxylation is 1. The molecule has 0 saturated carbocycles. The molecular formula is C22H35NO. The van der Waals surface area contributed by atoms with Crippen LogP contribution in [-0.2, 0) is 6.42 Å². The zero-order valence-corrected chi connectivity index (χ0v) is 15.2. The van der Waals surface area contributed by atoms with E-state index in [1.54, 1.807) is 0 Å². The van der Waals surface area contributed by atoms with Crippen molar-refractivity contribution in [1.82, 2.24) is 4.98 Å². The molecule has 0 saturated heterocycles. The Morgan fingerprint density at radius 2 is 1.21 bits per heavy atom. The van der Waals surface area contributed by atoms with Crippen molar-refractivity contribution in [2.45, 2.75) is 83.5 Å². The van der Waals surface area contributed by atoms with Crippen LogP contribution in [0.25, 0.3) is 10.9 Å². The lowest BCUT2D eigenvalue weighted by Gasteiger charge is -2.03. The average molecular weight is 330 g/mol. The van der Waals surface area contributed by atoms with Crippen LogP contribution in [0.1, 0.15) is 82.6 Å². The minimum Gasteiger partial charge on any atom is -0.396 e. The molecule has 2 nitrogen and oxygen atoms in total. The number of benzene rings is 1. The van der Waals surface area contributed by atoms with Crippen LogP contribution in [0.4, 0.5) is 0 Å². The summed E-state index contributed by atoms with van der Waals surface area (Å²) in [5, 5.41) is 10.1. The summed E-state index contributed by atoms with van der Waals surface area (Å²) in [6, 6.07) is 8.61. The van der Waals surface area contributed by atoms with Gasteiger partial charge >= 0.3 is 0 Å². The molecule has 0 fully saturated rings. The summed E-state index contributed by atoms with van der Waals surface area (Å²) in [4.78, 5) is 3.37. The third-order valence-electron chi connectivity index (χ3n) is 5.03. The van der Waals surface area contributed by atoms with Crippen LogP contribution in [0.5, 0.6) is 0 Å². The monoisotopic (exact) mass is 329 g/mol. The Hall–Kier alpha value is -1.28. The number of hydrogen-bond acceptors (Lipinski definition) is 1. The van der Waals surface area contributed by atoms with Crippen molar-refractivity contribution in [2.75, 3.05) is 6.61 Å². The predicted octanol–water partition coefficient (Wildman–Crippen LogP) is 6.38. The number of aliphatic hydroxyl groups excluding tert-OH is 1. The van der Waals surface area contributed by atoms with E-state index in [9.17, 15) is 0 Å². The summed E-state index contributed by atoms with van der Waals surface area (Å²) in [5.41, 5.74) is 2.75. The number of aliphatic hydroxyl groups is 1. The molecule has 0 amide bonds. The van der Waals surface area contributed by atoms with Crippen LogP contribution in [-0.4, -0.2) is 16.7 Å². The minimum atomic E-state index is 0.361. The van der Waals surface area contributed by atoms with E-state index in [1.165, 1.54) is 93.5 Å². The Labute approximate surface area is 147 Å². The zero-order valence-electron chi connectivity index (χ0n) is 15.2. The molecule has 0 aliphatic carbocycles. The molecule has 1 aromatic carbocycles. The van der Waals surface area contributed by atoms with Gasteiger partial charge in [-0.2, -0.15) is 0 Å². The highest BCUT2D eigenvalue weighted by Crippen LogP contribution is 2.20. The van der Waals surface area contributed by atoms with Gasteiger partial charge in [0, 0.05) is 23.7 Å². The van der Waals surface area contributed by atoms with Crippen LogP contribution in [0.15, 0.2) is 30.5 Å². The van der Waals surface area contributed by atoms with Gasteiger partial charge in [0.25, 0.3) is 0 Å². The lowest BCUT2D eigenvalue weighted by atomic mass is 10.0. The van der Waals surface area contributed by atoms with Gasteiger partial charge in [0.15, 0.2) is 0 Å². The first-order chi connectivity index (χ1) is 11.9. The Balaban J connectivity index is 1.41. The predicted molar refractivity (Wildman–Crippen MR) is 104 cm³/mol. The fourth-order valence-electron chi connectivity index (χ4n) is 3.53. The Bertz CT molecular complexity index is 546. The quantitative estimate of drug-likeness (QED) is 0.387. The maximum atomic E-state index is 8.73. The van der Waals surface area contributed by atoms with Gasteiger partial charge in [0.1, 0.15) is 0 Å². The topological polar surface area (TPSA) is 36.0 Å². The normalized spacial score (nSPS) is 11.4. The third kappa shape index (κ3) is 7.09. The van der Waals surface area contributed by atoms with Crippen molar-refractivity contribution >= 4 is 10.9 Å². The first kappa shape index (κ1) is 19.1. The lowest BCUT2D eigenvalue weighted by Crippen LogP contribution is -1.86. The maximum absolute atomic E-state index is 8.73. The van der Waals surface area contributed by atoms with E-state index in [1.807, 2.05) is 0 Å². The third-order valence-corrected chi connectivity index (χ3v) is 5.03. The fourth-order valence-corrected chi connectivity index (χ4v) is 3.53. The molecule has 1 heterocycles. The molecule has 2 heteroatoms. The van der Waals surface area contributed by atoms with Crippen molar-refractivity contribution in [3.63, 3.8) is 0 Å². The molecule has 134 valence electrons. The summed E-state index contributed by atoms with van der Waals surface area (Å²) in [6.45, 7) is 0.361. The van der Waals surface area contributed by atoms with Crippen LogP contribution >= 0.6 is 0 Å². The molecule has 0 spiro atoms. The number of aromatic nitrogens is 1. The molecular weight excluding hydrogens is 294 g/mol. The first-order valence-corrected chi connectivity index (χ1v) is 10.1. The molecule has 2 N–H and O–H groups in total. The summed E-state index contributed by atoms with van der Waals surface area (Å²) >= 11 is 0. The Morgan fingerprint density at radius 3 is 1.83 bits per heavy atom. The van der Waals surface area contributed by atoms with E-state index in [0.717, 1.165) is 6.42 Å². The number of nitrogens with one attached hydrogen (secondary N) is 1. The molecule has 1 aromatic heterocycles. The molecule has 24 heavy (non-hydrogen) atoms. The van der Waals surface area contributed by atoms with E-state index in [4.69, 9.17) is 5.11 Å². The highest BCUT2D eigenvalue weighted by Gasteiger charge is 2.02. The van der Waals surface area contributed by atoms with Gasteiger partial charge in [-0.3, -0.25) is 0 Å². The number of para-hydroxylation sites is 1. The molecule has 0 bridgehead atoms. The molecule has 2 aromatic rings. The number of aromatic amines is 1. The first-order valence-electron chi connectivity index (χ1n) is 10.1. The van der Waals surface area contributed by atoms with Crippen molar-refractivity contribution in [3.8, 4) is 0 Å². The van der Waals surface area contributed by atoms with Gasteiger partial charge in [-0.1, -0.05) is 82.4 Å². The fraction of sp³-hybridized carbons (Fsp3) is 0.636. The van der Waals surface area contributed by atoms with Gasteiger partial charge in [0.2, 0.25) is 0 Å². The van der Waals surface area contributed by atoms with E-state index in [0.29, 0.717) is 6.61 Å². The molecule has 0 radical (unpaired) electrons. The zero-order chi connectivity index (χ0) is 16.9. The number of rotatable bonds is 14. The average Bonchev–Trinajstić information content (AvgIpc) is 3.02. The molecule has 0 atom stereocenters. The number of unbranched alkanes of at least 4 members (excludes halogenated alkanes) is 11. The lowest BCUT2D eigenvalue weighted by molar-refractivity contribution is 0.282. The van der Waals surface area contributed by atoms with Crippen molar-refractivity contribution in [3.05, 3.63) is 36.0 Å². The summed E-state index contributed by atoms with van der Waals surface area (Å²) in [6.07, 6.45) is 19.3. The standard InChI is InChI=1S/C22H35NO/c24-18-14-10-8-6-4-2-1-3-5-7-9-11-15-20-19-23-22-17-13-12-16-21(20)22/h12-13,16-17,19,23-24H,1-11,14-15,18H2. The Kier molecular flexibility index (Phi) is 9.63. The van der Waals surface area contributed by atoms with E-state index in [-0.39, 0.29) is 0 Å². The molecule has 2 rings (SSSR count). The largest absolute Gasteiger partial charge is 0.396 e. The van der Waals surface area contributed by atoms with E-state index < -0.39 is 0 Å². The van der Waals surface area contributed by atoms with E-state index in [2.05, 4.69) is 35.4 Å². The minimum absolute atomic E-state index is 0.361. The number of H-pyrrole nitrogens is 1. The second-order valence-corrected chi connectivity index (χ2v) is 7.08. The van der Waals surface area contributed by atoms with Gasteiger partial charge < -0.3 is 10.1 Å². The van der Waals surface area contributed by atoms with Crippen LogP contribution in [0, 0.1) is 0 Å². The van der Waals surface area contributed by atoms with Crippen LogP contribution in [0.3, 0.4) is 0 Å². The smallest absolute Gasteiger partial charge is 0.0456 e. The summed E-state index contributed by atoms with van der Waals surface area (Å²) < 4.78 is 0. The van der Waals surface area contributed by atoms with Crippen LogP contribution < -0.4 is 0 Å². The number of hydrogen-bond donors (Lipinski definition) is 2. The molecule has 0 aliphatic heterocycles. The van der Waals surface area contributed by atoms with Gasteiger partial charge in [0.05, 0.1) is 0 Å². The highest BCUT2D eigenvalue weighted by atomic mass is 16.2. The van der Waals surface area contributed by atoms with Crippen molar-refractivity contribution in [1.29, 1.82) is 0 Å². The summed E-state index contributed by atoms with van der Waals surface area (Å²) in [7, 11) is 0. The Morgan fingerprint density at radius 1 is 0.667 bits per heavy atom. The highest BCUT2D eigenvalue weighted by molar-refractivity contribution is 5.82. The van der Waals surface area contributed by atoms with Gasteiger partial charge in [-0.25, -0.2) is 0 Å². The van der Waals surface area contributed by atoms with Gasteiger partial charge in [-0.05, 0) is 30.9 Å². The van der Waals surface area contributed by atoms with Gasteiger partial charge in [-0.15, -0.1) is 0 Å². The number of fused-ring (bicyclic) bond motifs is 1. The van der Waals surface area contributed by atoms with Crippen molar-refractivity contribution < 1.29 is 5.11 Å². The van der Waals surface area contributed by atoms with Crippen LogP contribution in [0.2, 0.25) is 0 Å². The maximum Gasteiger partial charge on any atom is 0.0456 e. The molecule has 0 aliphatic rings. The van der Waals surface area contributed by atoms with E-state index >= 15 is 0 Å². The second kappa shape index (κ2) is 12.1.